The summed E-state index contributed by atoms with van der Waals surface area (Å²) in [5.74, 6) is -0.710. The molecule has 0 aliphatic carbocycles. The van der Waals surface area contributed by atoms with E-state index in [0.29, 0.717) is 0 Å². The third-order valence-corrected chi connectivity index (χ3v) is 4.18. The number of hydrogen-bond donors (Lipinski definition) is 1. The molecule has 4 heteroatoms. The summed E-state index contributed by atoms with van der Waals surface area (Å²) in [6.07, 6.45) is 3.47. The molecule has 1 fully saturated rings. The number of hydrogen-bond acceptors (Lipinski definition) is 3. The van der Waals surface area contributed by atoms with Gasteiger partial charge < -0.3 is 5.11 Å². The number of pyridine rings is 1. The fourth-order valence-electron chi connectivity index (χ4n) is 3.11. The van der Waals surface area contributed by atoms with Gasteiger partial charge in [-0.3, -0.25) is 14.7 Å². The van der Waals surface area contributed by atoms with Crippen LogP contribution in [0.1, 0.15) is 31.4 Å². The minimum absolute atomic E-state index is 0.143. The topological polar surface area (TPSA) is 53.4 Å². The Morgan fingerprint density at radius 3 is 2.95 bits per heavy atom. The van der Waals surface area contributed by atoms with Crippen molar-refractivity contribution >= 4 is 16.9 Å². The predicted molar refractivity (Wildman–Crippen MR) is 82.0 cm³/mol. The zero-order valence-electron chi connectivity index (χ0n) is 12.0. The molecule has 1 aromatic heterocycles. The fourth-order valence-corrected chi connectivity index (χ4v) is 3.11. The molecular weight excluding hydrogens is 264 g/mol. The highest BCUT2D eigenvalue weighted by Gasteiger charge is 2.24. The molecule has 1 aliphatic rings. The van der Waals surface area contributed by atoms with Crippen molar-refractivity contribution in [1.82, 2.24) is 9.88 Å². The Morgan fingerprint density at radius 2 is 2.10 bits per heavy atom. The van der Waals surface area contributed by atoms with Crippen molar-refractivity contribution in [2.75, 3.05) is 6.54 Å². The van der Waals surface area contributed by atoms with E-state index in [9.17, 15) is 4.79 Å². The van der Waals surface area contributed by atoms with Crippen LogP contribution in [0.2, 0.25) is 0 Å². The Labute approximate surface area is 124 Å². The van der Waals surface area contributed by atoms with Gasteiger partial charge >= 0.3 is 5.97 Å². The van der Waals surface area contributed by atoms with E-state index in [0.717, 1.165) is 48.9 Å². The van der Waals surface area contributed by atoms with Crippen LogP contribution in [0.3, 0.4) is 0 Å². The number of para-hydroxylation sites is 1. The molecule has 1 unspecified atom stereocenters. The number of carbonyl (C=O) groups is 1. The predicted octanol–water partition coefficient (Wildman–Crippen LogP) is 3.06. The molecule has 0 spiro atoms. The molecule has 2 heterocycles. The van der Waals surface area contributed by atoms with Crippen molar-refractivity contribution in [3.05, 3.63) is 42.1 Å². The summed E-state index contributed by atoms with van der Waals surface area (Å²) < 4.78 is 0. The highest BCUT2D eigenvalue weighted by Crippen LogP contribution is 2.22. The Kier molecular flexibility index (Phi) is 4.15. The van der Waals surface area contributed by atoms with Crippen molar-refractivity contribution in [1.29, 1.82) is 0 Å². The molecule has 21 heavy (non-hydrogen) atoms. The lowest BCUT2D eigenvalue weighted by atomic mass is 9.99. The van der Waals surface area contributed by atoms with Crippen LogP contribution >= 0.6 is 0 Å². The van der Waals surface area contributed by atoms with E-state index in [4.69, 9.17) is 10.1 Å². The van der Waals surface area contributed by atoms with Gasteiger partial charge in [0.25, 0.3) is 0 Å². The van der Waals surface area contributed by atoms with Crippen molar-refractivity contribution in [2.24, 2.45) is 0 Å². The second-order valence-electron chi connectivity index (χ2n) is 5.71. The zero-order chi connectivity index (χ0) is 14.7. The van der Waals surface area contributed by atoms with E-state index in [1.54, 1.807) is 0 Å². The molecule has 1 atom stereocenters. The number of likely N-dealkylation sites (tertiary alicyclic amines) is 1. The number of fused-ring (bicyclic) bond motifs is 1. The molecule has 0 amide bonds. The molecule has 110 valence electrons. The molecule has 1 N–H and O–H groups in total. The van der Waals surface area contributed by atoms with Crippen LogP contribution in [0.15, 0.2) is 36.4 Å². The maximum Gasteiger partial charge on any atom is 0.304 e. The summed E-state index contributed by atoms with van der Waals surface area (Å²) in [4.78, 5) is 18.0. The standard InChI is InChI=1S/C17H20N2O2/c20-17(21)11-15-6-3-4-10-19(15)12-14-9-8-13-5-1-2-7-16(13)18-14/h1-2,5,7-9,15H,3-4,6,10-12H2,(H,20,21). The Hall–Kier alpha value is -1.94. The maximum absolute atomic E-state index is 11.0. The van der Waals surface area contributed by atoms with Gasteiger partial charge in [-0.2, -0.15) is 0 Å². The average Bonchev–Trinajstić information content (AvgIpc) is 2.49. The van der Waals surface area contributed by atoms with E-state index >= 15 is 0 Å². The van der Waals surface area contributed by atoms with Crippen molar-refractivity contribution in [2.45, 2.75) is 38.3 Å². The van der Waals surface area contributed by atoms with Gasteiger partial charge in [-0.1, -0.05) is 30.7 Å². The minimum atomic E-state index is -0.710. The summed E-state index contributed by atoms with van der Waals surface area (Å²) in [6.45, 7) is 1.70. The van der Waals surface area contributed by atoms with Crippen molar-refractivity contribution in [3.8, 4) is 0 Å². The number of piperidine rings is 1. The molecule has 0 saturated carbocycles. The average molecular weight is 284 g/mol. The zero-order valence-corrected chi connectivity index (χ0v) is 12.0. The smallest absolute Gasteiger partial charge is 0.304 e. The Balaban J connectivity index is 1.77. The van der Waals surface area contributed by atoms with Gasteiger partial charge in [0.15, 0.2) is 0 Å². The molecule has 0 radical (unpaired) electrons. The summed E-state index contributed by atoms with van der Waals surface area (Å²) in [5, 5.41) is 10.2. The normalized spacial score (nSPS) is 19.7. The third-order valence-electron chi connectivity index (χ3n) is 4.18. The number of rotatable bonds is 4. The molecule has 1 aromatic carbocycles. The summed E-state index contributed by atoms with van der Waals surface area (Å²) in [7, 11) is 0. The second kappa shape index (κ2) is 6.22. The van der Waals surface area contributed by atoms with E-state index in [2.05, 4.69) is 23.1 Å². The first-order valence-electron chi connectivity index (χ1n) is 7.53. The van der Waals surface area contributed by atoms with Crippen molar-refractivity contribution < 1.29 is 9.90 Å². The SMILES string of the molecule is O=C(O)CC1CCCCN1Cc1ccc2ccccc2n1. The van der Waals surface area contributed by atoms with Crippen LogP contribution in [0.5, 0.6) is 0 Å². The molecule has 2 aromatic rings. The van der Waals surface area contributed by atoms with Crippen LogP contribution in [0.4, 0.5) is 0 Å². The van der Waals surface area contributed by atoms with Gasteiger partial charge in [-0.15, -0.1) is 0 Å². The monoisotopic (exact) mass is 284 g/mol. The lowest BCUT2D eigenvalue weighted by molar-refractivity contribution is -0.138. The molecule has 4 nitrogen and oxygen atoms in total. The largest absolute Gasteiger partial charge is 0.481 e. The van der Waals surface area contributed by atoms with E-state index in [1.807, 2.05) is 18.2 Å². The number of benzene rings is 1. The molecule has 3 rings (SSSR count). The number of aromatic nitrogens is 1. The first-order valence-corrected chi connectivity index (χ1v) is 7.53. The maximum atomic E-state index is 11.0. The van der Waals surface area contributed by atoms with Crippen LogP contribution in [0.25, 0.3) is 10.9 Å². The third kappa shape index (κ3) is 3.39. The van der Waals surface area contributed by atoms with Crippen LogP contribution in [-0.4, -0.2) is 33.5 Å². The van der Waals surface area contributed by atoms with E-state index in [1.165, 1.54) is 0 Å². The summed E-state index contributed by atoms with van der Waals surface area (Å²) >= 11 is 0. The first-order chi connectivity index (χ1) is 10.2. The summed E-state index contributed by atoms with van der Waals surface area (Å²) in [6, 6.07) is 12.4. The lowest BCUT2D eigenvalue weighted by Gasteiger charge is -2.34. The van der Waals surface area contributed by atoms with Gasteiger partial charge in [-0.05, 0) is 31.5 Å². The van der Waals surface area contributed by atoms with Gasteiger partial charge in [0.1, 0.15) is 0 Å². The van der Waals surface area contributed by atoms with E-state index < -0.39 is 5.97 Å². The first kappa shape index (κ1) is 14.0. The number of nitrogens with zero attached hydrogens (tertiary/aromatic N) is 2. The molecule has 0 bridgehead atoms. The molecule has 1 saturated heterocycles. The lowest BCUT2D eigenvalue weighted by Crippen LogP contribution is -2.40. The summed E-state index contributed by atoms with van der Waals surface area (Å²) in [5.41, 5.74) is 2.02. The van der Waals surface area contributed by atoms with Crippen LogP contribution in [-0.2, 0) is 11.3 Å². The highest BCUT2D eigenvalue weighted by atomic mass is 16.4. The van der Waals surface area contributed by atoms with Gasteiger partial charge in [0.2, 0.25) is 0 Å². The minimum Gasteiger partial charge on any atom is -0.481 e. The van der Waals surface area contributed by atoms with Gasteiger partial charge in [-0.25, -0.2) is 0 Å². The highest BCUT2D eigenvalue weighted by molar-refractivity contribution is 5.78. The Bertz CT molecular complexity index is 641. The number of aliphatic carboxylic acids is 1. The quantitative estimate of drug-likeness (QED) is 0.937. The van der Waals surface area contributed by atoms with Gasteiger partial charge in [0.05, 0.1) is 17.6 Å². The van der Waals surface area contributed by atoms with Crippen molar-refractivity contribution in [3.63, 3.8) is 0 Å². The fraction of sp³-hybridized carbons (Fsp3) is 0.412. The van der Waals surface area contributed by atoms with E-state index in [-0.39, 0.29) is 12.5 Å². The number of carboxylic acids is 1. The molecular formula is C17H20N2O2. The number of carboxylic acid groups (broad SMARTS) is 1. The second-order valence-corrected chi connectivity index (χ2v) is 5.71. The van der Waals surface area contributed by atoms with Gasteiger partial charge in [0, 0.05) is 18.0 Å². The van der Waals surface area contributed by atoms with Crippen LogP contribution in [0, 0.1) is 0 Å². The van der Waals surface area contributed by atoms with Crippen LogP contribution < -0.4 is 0 Å². The molecule has 1 aliphatic heterocycles. The Morgan fingerprint density at radius 1 is 1.24 bits per heavy atom.